The minimum atomic E-state index is -3.44. The van der Waals surface area contributed by atoms with Crippen LogP contribution in [0.2, 0.25) is 0 Å². The van der Waals surface area contributed by atoms with Gasteiger partial charge in [0.15, 0.2) is 0 Å². The van der Waals surface area contributed by atoms with Crippen LogP contribution in [0.15, 0.2) is 16.3 Å². The number of likely N-dealkylation sites (N-methyl/N-ethyl adjacent to an activating group) is 2. The van der Waals surface area contributed by atoms with E-state index in [1.165, 1.54) is 11.3 Å². The van der Waals surface area contributed by atoms with Gasteiger partial charge in [-0.15, -0.1) is 11.3 Å². The van der Waals surface area contributed by atoms with Crippen LogP contribution < -0.4 is 5.32 Å². The molecule has 0 amide bonds. The average molecular weight is 334 g/mol. The zero-order valence-corrected chi connectivity index (χ0v) is 15.2. The maximum atomic E-state index is 12.9. The van der Waals surface area contributed by atoms with Gasteiger partial charge in [0.05, 0.1) is 4.90 Å². The second kappa shape index (κ2) is 8.24. The van der Waals surface area contributed by atoms with Crippen molar-refractivity contribution in [3.8, 4) is 0 Å². The van der Waals surface area contributed by atoms with E-state index in [0.717, 1.165) is 11.4 Å². The summed E-state index contributed by atoms with van der Waals surface area (Å²) in [7, 11) is 0.476. The minimum Gasteiger partial charge on any atom is -0.312 e. The summed E-state index contributed by atoms with van der Waals surface area (Å²) >= 11 is 1.49. The molecular weight excluding hydrogens is 306 g/mol. The van der Waals surface area contributed by atoms with Crippen LogP contribution in [0.4, 0.5) is 0 Å². The van der Waals surface area contributed by atoms with Gasteiger partial charge in [-0.3, -0.25) is 0 Å². The molecule has 0 aliphatic rings. The van der Waals surface area contributed by atoms with E-state index < -0.39 is 10.0 Å². The Morgan fingerprint density at radius 2 is 2.00 bits per heavy atom. The zero-order chi connectivity index (χ0) is 16.0. The van der Waals surface area contributed by atoms with Crippen molar-refractivity contribution in [2.24, 2.45) is 0 Å². The lowest BCUT2D eigenvalue weighted by atomic mass is 10.3. The molecule has 1 unspecified atom stereocenters. The Hall–Kier alpha value is -0.470. The molecule has 1 aromatic heterocycles. The molecule has 1 atom stereocenters. The average Bonchev–Trinajstić information content (AvgIpc) is 2.84. The quantitative estimate of drug-likeness (QED) is 0.749. The normalized spacial score (nSPS) is 14.0. The summed E-state index contributed by atoms with van der Waals surface area (Å²) in [6, 6.07) is 1.67. The Morgan fingerprint density at radius 3 is 2.52 bits per heavy atom. The number of thiophene rings is 1. The van der Waals surface area contributed by atoms with E-state index >= 15 is 0 Å². The molecule has 21 heavy (non-hydrogen) atoms. The third-order valence-electron chi connectivity index (χ3n) is 3.26. The third kappa shape index (κ3) is 4.75. The first-order valence-electron chi connectivity index (χ1n) is 7.28. The van der Waals surface area contributed by atoms with E-state index in [9.17, 15) is 8.42 Å². The van der Waals surface area contributed by atoms with Gasteiger partial charge in [-0.1, -0.05) is 13.8 Å². The number of nitrogens with one attached hydrogen (secondary N) is 1. The second-order valence-corrected chi connectivity index (χ2v) is 8.17. The van der Waals surface area contributed by atoms with E-state index in [4.69, 9.17) is 0 Å². The number of sulfonamides is 1. The molecule has 0 spiro atoms. The molecule has 1 N–H and O–H groups in total. The molecule has 7 heteroatoms. The number of rotatable bonds is 9. The highest BCUT2D eigenvalue weighted by molar-refractivity contribution is 7.89. The number of hydrogen-bond acceptors (Lipinski definition) is 5. The monoisotopic (exact) mass is 333 g/mol. The minimum absolute atomic E-state index is 0.0538. The maximum Gasteiger partial charge on any atom is 0.244 e. The van der Waals surface area contributed by atoms with Crippen LogP contribution >= 0.6 is 11.3 Å². The van der Waals surface area contributed by atoms with Crippen molar-refractivity contribution in [3.05, 3.63) is 16.3 Å². The lowest BCUT2D eigenvalue weighted by Crippen LogP contribution is -2.43. The van der Waals surface area contributed by atoms with Crippen LogP contribution in [0.5, 0.6) is 0 Å². The molecule has 0 aliphatic carbocycles. The van der Waals surface area contributed by atoms with Crippen LogP contribution in [0.1, 0.15) is 25.6 Å². The SMILES string of the molecule is CCNCc1sccc1S(=O)(=O)N(CC)C(C)CN(C)C. The van der Waals surface area contributed by atoms with Crippen LogP contribution in [0.25, 0.3) is 0 Å². The van der Waals surface area contributed by atoms with Gasteiger partial charge in [0, 0.05) is 30.6 Å². The molecule has 0 bridgehead atoms. The van der Waals surface area contributed by atoms with Crippen LogP contribution in [-0.4, -0.2) is 57.4 Å². The molecule has 0 radical (unpaired) electrons. The second-order valence-electron chi connectivity index (χ2n) is 5.31. The number of hydrogen-bond donors (Lipinski definition) is 1. The van der Waals surface area contributed by atoms with Gasteiger partial charge in [-0.2, -0.15) is 4.31 Å². The Labute approximate surface area is 133 Å². The molecule has 0 aliphatic heterocycles. The Bertz CT molecular complexity index is 526. The summed E-state index contributed by atoms with van der Waals surface area (Å²) in [4.78, 5) is 3.34. The Morgan fingerprint density at radius 1 is 1.33 bits per heavy atom. The smallest absolute Gasteiger partial charge is 0.244 e. The van der Waals surface area contributed by atoms with Gasteiger partial charge in [0.25, 0.3) is 0 Å². The zero-order valence-electron chi connectivity index (χ0n) is 13.6. The largest absolute Gasteiger partial charge is 0.312 e. The third-order valence-corrected chi connectivity index (χ3v) is 6.48. The standard InChI is InChI=1S/C14H27N3O2S2/c1-6-15-10-13-14(8-9-20-13)21(18,19)17(7-2)12(3)11-16(4)5/h8-9,12,15H,6-7,10-11H2,1-5H3. The molecule has 0 saturated heterocycles. The molecule has 0 aromatic carbocycles. The van der Waals surface area contributed by atoms with Gasteiger partial charge < -0.3 is 10.2 Å². The first kappa shape index (κ1) is 18.6. The highest BCUT2D eigenvalue weighted by Gasteiger charge is 2.30. The molecule has 1 rings (SSSR count). The molecular formula is C14H27N3O2S2. The van der Waals surface area contributed by atoms with Gasteiger partial charge in [-0.25, -0.2) is 8.42 Å². The first-order valence-corrected chi connectivity index (χ1v) is 9.60. The fraction of sp³-hybridized carbons (Fsp3) is 0.714. The van der Waals surface area contributed by atoms with Crippen LogP contribution in [0.3, 0.4) is 0 Å². The summed E-state index contributed by atoms with van der Waals surface area (Å²) < 4.78 is 27.4. The lowest BCUT2D eigenvalue weighted by molar-refractivity contribution is 0.271. The van der Waals surface area contributed by atoms with E-state index in [2.05, 4.69) is 5.32 Å². The van der Waals surface area contributed by atoms with Crippen molar-refractivity contribution in [2.45, 2.75) is 38.3 Å². The molecule has 1 aromatic rings. The fourth-order valence-electron chi connectivity index (χ4n) is 2.39. The molecule has 5 nitrogen and oxygen atoms in total. The van der Waals surface area contributed by atoms with Crippen molar-refractivity contribution in [3.63, 3.8) is 0 Å². The maximum absolute atomic E-state index is 12.9. The van der Waals surface area contributed by atoms with E-state index in [0.29, 0.717) is 24.5 Å². The highest BCUT2D eigenvalue weighted by Crippen LogP contribution is 2.26. The van der Waals surface area contributed by atoms with E-state index in [1.807, 2.05) is 45.1 Å². The van der Waals surface area contributed by atoms with Gasteiger partial charge >= 0.3 is 0 Å². The first-order chi connectivity index (χ1) is 9.84. The summed E-state index contributed by atoms with van der Waals surface area (Å²) in [5.41, 5.74) is 0. The van der Waals surface area contributed by atoms with Gasteiger partial charge in [0.1, 0.15) is 0 Å². The molecule has 0 saturated carbocycles. The van der Waals surface area contributed by atoms with Crippen molar-refractivity contribution in [1.29, 1.82) is 0 Å². The summed E-state index contributed by atoms with van der Waals surface area (Å²) in [6.45, 7) is 8.47. The van der Waals surface area contributed by atoms with Crippen molar-refractivity contribution >= 4 is 21.4 Å². The van der Waals surface area contributed by atoms with E-state index in [1.54, 1.807) is 10.4 Å². The Kier molecular flexibility index (Phi) is 7.29. The molecule has 122 valence electrons. The Balaban J connectivity index is 3.04. The van der Waals surface area contributed by atoms with Crippen molar-refractivity contribution in [2.75, 3.05) is 33.7 Å². The van der Waals surface area contributed by atoms with Gasteiger partial charge in [0.2, 0.25) is 10.0 Å². The van der Waals surface area contributed by atoms with Gasteiger partial charge in [-0.05, 0) is 39.0 Å². The predicted molar refractivity (Wildman–Crippen MR) is 89.3 cm³/mol. The van der Waals surface area contributed by atoms with E-state index in [-0.39, 0.29) is 6.04 Å². The summed E-state index contributed by atoms with van der Waals surface area (Å²) in [5.74, 6) is 0. The lowest BCUT2D eigenvalue weighted by Gasteiger charge is -2.29. The topological polar surface area (TPSA) is 52.7 Å². The molecule has 0 fully saturated rings. The number of nitrogens with zero attached hydrogens (tertiary/aromatic N) is 2. The van der Waals surface area contributed by atoms with Crippen molar-refractivity contribution < 1.29 is 8.42 Å². The van der Waals surface area contributed by atoms with Crippen LogP contribution in [-0.2, 0) is 16.6 Å². The fourth-order valence-corrected chi connectivity index (χ4v) is 5.41. The van der Waals surface area contributed by atoms with Crippen LogP contribution in [0, 0.1) is 0 Å². The molecule has 1 heterocycles. The summed E-state index contributed by atoms with van der Waals surface area (Å²) in [5, 5.41) is 5.05. The summed E-state index contributed by atoms with van der Waals surface area (Å²) in [6.07, 6.45) is 0. The van der Waals surface area contributed by atoms with Crippen molar-refractivity contribution in [1.82, 2.24) is 14.5 Å². The predicted octanol–water partition coefficient (Wildman–Crippen LogP) is 1.82. The highest BCUT2D eigenvalue weighted by atomic mass is 32.2.